The highest BCUT2D eigenvalue weighted by atomic mass is 15.1. The van der Waals surface area contributed by atoms with Crippen LogP contribution in [0.15, 0.2) is 182 Å². The van der Waals surface area contributed by atoms with E-state index in [0.29, 0.717) is 0 Å². The van der Waals surface area contributed by atoms with Crippen LogP contribution in [0.4, 0.5) is 17.1 Å². The van der Waals surface area contributed by atoms with Gasteiger partial charge in [0.2, 0.25) is 0 Å². The molecule has 1 aromatic heterocycles. The molecule has 2 heterocycles. The summed E-state index contributed by atoms with van der Waals surface area (Å²) in [4.78, 5) is 2.39. The lowest BCUT2D eigenvalue weighted by Gasteiger charge is -2.26. The van der Waals surface area contributed by atoms with E-state index in [0.717, 1.165) is 17.1 Å². The summed E-state index contributed by atoms with van der Waals surface area (Å²) in [6.07, 6.45) is 0. The zero-order valence-corrected chi connectivity index (χ0v) is 27.7. The molecule has 0 atom stereocenters. The van der Waals surface area contributed by atoms with E-state index in [2.05, 4.69) is 205 Å². The highest BCUT2D eigenvalue weighted by Crippen LogP contribution is 2.52. The molecular formula is C47H36N2. The first kappa shape index (κ1) is 29.1. The van der Waals surface area contributed by atoms with Gasteiger partial charge in [-0.3, -0.25) is 0 Å². The van der Waals surface area contributed by atoms with Gasteiger partial charge in [-0.2, -0.15) is 0 Å². The van der Waals surface area contributed by atoms with Gasteiger partial charge in [-0.05, 0) is 81.9 Å². The molecule has 0 N–H and O–H groups in total. The maximum atomic E-state index is 2.50. The third kappa shape index (κ3) is 4.79. The van der Waals surface area contributed by atoms with Crippen LogP contribution in [-0.4, -0.2) is 4.57 Å². The van der Waals surface area contributed by atoms with Crippen molar-refractivity contribution in [1.82, 2.24) is 4.57 Å². The molecule has 2 nitrogen and oxygen atoms in total. The van der Waals surface area contributed by atoms with E-state index in [1.165, 1.54) is 61.2 Å². The summed E-state index contributed by atoms with van der Waals surface area (Å²) in [7, 11) is 0. The summed E-state index contributed by atoms with van der Waals surface area (Å²) in [6, 6.07) is 65.9. The number of hydrogen-bond donors (Lipinski definition) is 0. The van der Waals surface area contributed by atoms with E-state index in [4.69, 9.17) is 0 Å². The second-order valence-electron chi connectivity index (χ2n) is 13.4. The van der Waals surface area contributed by atoms with Crippen molar-refractivity contribution in [3.8, 4) is 39.1 Å². The topological polar surface area (TPSA) is 8.17 Å². The molecule has 8 aromatic rings. The van der Waals surface area contributed by atoms with Crippen LogP contribution >= 0.6 is 0 Å². The standard InChI is InChI=1S/C47H36N2/c1-47(2)42-20-12-13-21-44(42)49-43-31-30-40(32-41(43)45(46(47)49)37-18-10-5-11-19-37)48(38-26-22-35(23-27-38)33-14-6-3-7-15-33)39-28-24-36(25-29-39)34-16-8-4-9-17-34/h3-32H,1-2H3. The van der Waals surface area contributed by atoms with Gasteiger partial charge in [-0.25, -0.2) is 0 Å². The molecule has 49 heavy (non-hydrogen) atoms. The molecule has 0 aliphatic carbocycles. The Morgan fingerprint density at radius 1 is 0.429 bits per heavy atom. The first-order chi connectivity index (χ1) is 24.1. The van der Waals surface area contributed by atoms with Crippen molar-refractivity contribution in [2.75, 3.05) is 4.90 Å². The van der Waals surface area contributed by atoms with Crippen molar-refractivity contribution < 1.29 is 0 Å². The number of nitrogens with zero attached hydrogens (tertiary/aromatic N) is 2. The number of aromatic nitrogens is 1. The van der Waals surface area contributed by atoms with Gasteiger partial charge in [0.1, 0.15) is 0 Å². The van der Waals surface area contributed by atoms with Crippen molar-refractivity contribution in [2.45, 2.75) is 19.3 Å². The Bertz CT molecular complexity index is 2340. The Morgan fingerprint density at radius 3 is 1.43 bits per heavy atom. The maximum absolute atomic E-state index is 2.50. The molecule has 0 bridgehead atoms. The number of benzene rings is 7. The van der Waals surface area contributed by atoms with E-state index in [-0.39, 0.29) is 5.41 Å². The highest BCUT2D eigenvalue weighted by molar-refractivity contribution is 6.03. The van der Waals surface area contributed by atoms with Crippen molar-refractivity contribution in [2.24, 2.45) is 0 Å². The number of fused-ring (bicyclic) bond motifs is 5. The van der Waals surface area contributed by atoms with E-state index >= 15 is 0 Å². The van der Waals surface area contributed by atoms with Gasteiger partial charge >= 0.3 is 0 Å². The average molecular weight is 629 g/mol. The molecule has 9 rings (SSSR count). The second kappa shape index (κ2) is 11.5. The smallest absolute Gasteiger partial charge is 0.0539 e. The van der Waals surface area contributed by atoms with Crippen molar-refractivity contribution >= 4 is 28.0 Å². The van der Waals surface area contributed by atoms with Gasteiger partial charge in [0.25, 0.3) is 0 Å². The third-order valence-corrected chi connectivity index (χ3v) is 10.1. The third-order valence-electron chi connectivity index (χ3n) is 10.1. The Hall–Kier alpha value is -6.12. The molecule has 0 saturated heterocycles. The van der Waals surface area contributed by atoms with Crippen LogP contribution < -0.4 is 4.90 Å². The van der Waals surface area contributed by atoms with Crippen LogP contribution in [-0.2, 0) is 5.41 Å². The van der Waals surface area contributed by atoms with Crippen LogP contribution in [0, 0.1) is 0 Å². The first-order valence-electron chi connectivity index (χ1n) is 17.0. The van der Waals surface area contributed by atoms with E-state index in [9.17, 15) is 0 Å². The minimum absolute atomic E-state index is 0.152. The summed E-state index contributed by atoms with van der Waals surface area (Å²) in [6.45, 7) is 4.73. The molecule has 0 radical (unpaired) electrons. The van der Waals surface area contributed by atoms with Crippen LogP contribution in [0.25, 0.3) is 50.0 Å². The molecule has 1 aliphatic rings. The SMILES string of the molecule is CC1(C)c2ccccc2-n2c1c(-c1ccccc1)c1cc(N(c3ccc(-c4ccccc4)cc3)c3ccc(-c4ccccc4)cc3)ccc12. The number of para-hydroxylation sites is 1. The fourth-order valence-electron chi connectivity index (χ4n) is 7.80. The summed E-state index contributed by atoms with van der Waals surface area (Å²) in [5.41, 5.74) is 15.8. The number of rotatable bonds is 6. The second-order valence-corrected chi connectivity index (χ2v) is 13.4. The summed E-state index contributed by atoms with van der Waals surface area (Å²) < 4.78 is 2.50. The fourth-order valence-corrected chi connectivity index (χ4v) is 7.80. The minimum atomic E-state index is -0.152. The largest absolute Gasteiger partial charge is 0.312 e. The van der Waals surface area contributed by atoms with Gasteiger partial charge in [0.05, 0.1) is 11.2 Å². The number of hydrogen-bond acceptors (Lipinski definition) is 1. The molecule has 7 aromatic carbocycles. The van der Waals surface area contributed by atoms with E-state index < -0.39 is 0 Å². The van der Waals surface area contributed by atoms with E-state index in [1.54, 1.807) is 0 Å². The predicted octanol–water partition coefficient (Wildman–Crippen LogP) is 12.7. The molecule has 0 amide bonds. The summed E-state index contributed by atoms with van der Waals surface area (Å²) >= 11 is 0. The molecule has 0 spiro atoms. The van der Waals surface area contributed by atoms with E-state index in [1.807, 2.05) is 0 Å². The van der Waals surface area contributed by atoms with Crippen LogP contribution in [0.1, 0.15) is 25.1 Å². The quantitative estimate of drug-likeness (QED) is 0.178. The van der Waals surface area contributed by atoms with Crippen molar-refractivity contribution in [1.29, 1.82) is 0 Å². The summed E-state index contributed by atoms with van der Waals surface area (Å²) in [5, 5.41) is 1.26. The fraction of sp³-hybridized carbons (Fsp3) is 0.0638. The lowest BCUT2D eigenvalue weighted by molar-refractivity contribution is 0.646. The number of anilines is 3. The molecular weight excluding hydrogens is 593 g/mol. The lowest BCUT2D eigenvalue weighted by atomic mass is 9.80. The summed E-state index contributed by atoms with van der Waals surface area (Å²) in [5.74, 6) is 0. The van der Waals surface area contributed by atoms with Crippen LogP contribution in [0.3, 0.4) is 0 Å². The van der Waals surface area contributed by atoms with Gasteiger partial charge in [-0.15, -0.1) is 0 Å². The molecule has 0 unspecified atom stereocenters. The molecule has 0 fully saturated rings. The lowest BCUT2D eigenvalue weighted by Crippen LogP contribution is -2.16. The van der Waals surface area contributed by atoms with Gasteiger partial charge in [-0.1, -0.05) is 147 Å². The Balaban J connectivity index is 1.25. The zero-order chi connectivity index (χ0) is 33.0. The monoisotopic (exact) mass is 628 g/mol. The zero-order valence-electron chi connectivity index (χ0n) is 27.7. The normalized spacial score (nSPS) is 12.9. The predicted molar refractivity (Wildman–Crippen MR) is 206 cm³/mol. The first-order valence-corrected chi connectivity index (χ1v) is 17.0. The Labute approximate surface area is 288 Å². The molecule has 2 heteroatoms. The van der Waals surface area contributed by atoms with Crippen molar-refractivity contribution in [3.05, 3.63) is 193 Å². The van der Waals surface area contributed by atoms with Crippen LogP contribution in [0.2, 0.25) is 0 Å². The van der Waals surface area contributed by atoms with Gasteiger partial charge < -0.3 is 9.47 Å². The maximum Gasteiger partial charge on any atom is 0.0539 e. The molecule has 0 saturated carbocycles. The average Bonchev–Trinajstić information content (AvgIpc) is 3.63. The molecule has 234 valence electrons. The Kier molecular flexibility index (Phi) is 6.84. The highest BCUT2D eigenvalue weighted by Gasteiger charge is 2.40. The minimum Gasteiger partial charge on any atom is -0.312 e. The van der Waals surface area contributed by atoms with Gasteiger partial charge in [0, 0.05) is 39.1 Å². The van der Waals surface area contributed by atoms with Crippen molar-refractivity contribution in [3.63, 3.8) is 0 Å². The van der Waals surface area contributed by atoms with Crippen LogP contribution in [0.5, 0.6) is 0 Å². The Morgan fingerprint density at radius 2 is 0.878 bits per heavy atom. The van der Waals surface area contributed by atoms with Gasteiger partial charge in [0.15, 0.2) is 0 Å². The molecule has 1 aliphatic heterocycles.